The summed E-state index contributed by atoms with van der Waals surface area (Å²) in [6.45, 7) is 3.21. The van der Waals surface area contributed by atoms with E-state index in [0.29, 0.717) is 38.4 Å². The Morgan fingerprint density at radius 1 is 1.38 bits per heavy atom. The smallest absolute Gasteiger partial charge is 0.431 e. The van der Waals surface area contributed by atoms with Crippen LogP contribution in [0.15, 0.2) is 29.2 Å². The van der Waals surface area contributed by atoms with Gasteiger partial charge >= 0.3 is 6.09 Å². The summed E-state index contributed by atoms with van der Waals surface area (Å²) in [6, 6.07) is 7.69. The molecule has 0 bridgehead atoms. The molecule has 7 heteroatoms. The van der Waals surface area contributed by atoms with Gasteiger partial charge in [-0.15, -0.1) is 17.7 Å². The Labute approximate surface area is 145 Å². The zero-order chi connectivity index (χ0) is 17.3. The molecule has 0 aromatic heterocycles. The molecule has 2 rings (SSSR count). The zero-order valence-corrected chi connectivity index (χ0v) is 14.4. The van der Waals surface area contributed by atoms with Gasteiger partial charge in [-0.3, -0.25) is 5.21 Å². The molecule has 1 aromatic rings. The van der Waals surface area contributed by atoms with Crippen molar-refractivity contribution in [2.45, 2.75) is 30.3 Å². The third kappa shape index (κ3) is 5.64. The SMILES string of the molecule is CC#CCOc1ccc(SCC2(OC(=O)NO)CCOCC2)cc1. The highest BCUT2D eigenvalue weighted by molar-refractivity contribution is 7.99. The van der Waals surface area contributed by atoms with Crippen LogP contribution < -0.4 is 10.2 Å². The molecule has 0 unspecified atom stereocenters. The summed E-state index contributed by atoms with van der Waals surface area (Å²) in [5.41, 5.74) is 0.891. The van der Waals surface area contributed by atoms with E-state index in [0.717, 1.165) is 10.6 Å². The fourth-order valence-electron chi connectivity index (χ4n) is 2.28. The Hall–Kier alpha value is -1.88. The molecule has 6 nitrogen and oxygen atoms in total. The fourth-order valence-corrected chi connectivity index (χ4v) is 3.38. The van der Waals surface area contributed by atoms with Crippen molar-refractivity contribution in [3.05, 3.63) is 24.3 Å². The molecule has 130 valence electrons. The summed E-state index contributed by atoms with van der Waals surface area (Å²) >= 11 is 1.59. The van der Waals surface area contributed by atoms with Gasteiger partial charge in [0.15, 0.2) is 0 Å². The van der Waals surface area contributed by atoms with Crippen LogP contribution in [0.25, 0.3) is 0 Å². The van der Waals surface area contributed by atoms with Gasteiger partial charge in [0.2, 0.25) is 0 Å². The molecule has 1 aromatic carbocycles. The minimum Gasteiger partial charge on any atom is -0.481 e. The van der Waals surface area contributed by atoms with E-state index in [1.54, 1.807) is 18.7 Å². The van der Waals surface area contributed by atoms with E-state index in [4.69, 9.17) is 19.4 Å². The normalized spacial score (nSPS) is 15.8. The molecular weight excluding hydrogens is 330 g/mol. The van der Waals surface area contributed by atoms with E-state index in [9.17, 15) is 4.79 Å². The first-order chi connectivity index (χ1) is 11.7. The van der Waals surface area contributed by atoms with Gasteiger partial charge in [-0.05, 0) is 31.2 Å². The lowest BCUT2D eigenvalue weighted by Crippen LogP contribution is -2.45. The number of thioether (sulfide) groups is 1. The quantitative estimate of drug-likeness (QED) is 0.355. The lowest BCUT2D eigenvalue weighted by Gasteiger charge is -2.36. The Morgan fingerprint density at radius 3 is 2.71 bits per heavy atom. The topological polar surface area (TPSA) is 77.0 Å². The number of hydroxylamine groups is 1. The largest absolute Gasteiger partial charge is 0.481 e. The number of carbonyl (C=O) groups is 1. The van der Waals surface area contributed by atoms with Crippen molar-refractivity contribution in [1.29, 1.82) is 0 Å². The predicted molar refractivity (Wildman–Crippen MR) is 90.3 cm³/mol. The third-order valence-corrected chi connectivity index (χ3v) is 4.89. The van der Waals surface area contributed by atoms with Crippen molar-refractivity contribution < 1.29 is 24.2 Å². The highest BCUT2D eigenvalue weighted by atomic mass is 32.2. The van der Waals surface area contributed by atoms with Crippen molar-refractivity contribution in [1.82, 2.24) is 5.48 Å². The van der Waals surface area contributed by atoms with Crippen LogP contribution >= 0.6 is 11.8 Å². The van der Waals surface area contributed by atoms with E-state index in [-0.39, 0.29) is 0 Å². The van der Waals surface area contributed by atoms with Crippen molar-refractivity contribution in [3.63, 3.8) is 0 Å². The van der Waals surface area contributed by atoms with Crippen LogP contribution in [-0.4, -0.2) is 42.5 Å². The van der Waals surface area contributed by atoms with Crippen molar-refractivity contribution in [2.24, 2.45) is 0 Å². The van der Waals surface area contributed by atoms with Gasteiger partial charge in [-0.2, -0.15) is 0 Å². The average Bonchev–Trinajstić information content (AvgIpc) is 2.62. The molecule has 0 saturated carbocycles. The Morgan fingerprint density at radius 2 is 2.08 bits per heavy atom. The lowest BCUT2D eigenvalue weighted by molar-refractivity contribution is -0.0650. The number of benzene rings is 1. The molecular formula is C17H21NO5S. The van der Waals surface area contributed by atoms with Crippen LogP contribution in [0.1, 0.15) is 19.8 Å². The number of amides is 1. The summed E-state index contributed by atoms with van der Waals surface area (Å²) in [5.74, 6) is 6.97. The minimum absolute atomic E-state index is 0.371. The van der Waals surface area contributed by atoms with Gasteiger partial charge in [0.05, 0.1) is 13.2 Å². The molecule has 1 heterocycles. The number of nitrogens with one attached hydrogen (secondary N) is 1. The Balaban J connectivity index is 1.92. The molecule has 0 spiro atoms. The second-order valence-corrected chi connectivity index (χ2v) is 6.32. The summed E-state index contributed by atoms with van der Waals surface area (Å²) in [5, 5.41) is 8.70. The number of rotatable bonds is 6. The third-order valence-electron chi connectivity index (χ3n) is 3.62. The van der Waals surface area contributed by atoms with Crippen LogP contribution in [0, 0.1) is 11.8 Å². The lowest BCUT2D eigenvalue weighted by atomic mass is 9.96. The van der Waals surface area contributed by atoms with E-state index in [1.165, 1.54) is 5.48 Å². The van der Waals surface area contributed by atoms with E-state index in [1.807, 2.05) is 24.3 Å². The minimum atomic E-state index is -0.835. The zero-order valence-electron chi connectivity index (χ0n) is 13.5. The monoisotopic (exact) mass is 351 g/mol. The van der Waals surface area contributed by atoms with Crippen LogP contribution in [0.2, 0.25) is 0 Å². The van der Waals surface area contributed by atoms with Crippen LogP contribution in [0.5, 0.6) is 5.75 Å². The van der Waals surface area contributed by atoms with Gasteiger partial charge < -0.3 is 14.2 Å². The molecule has 1 aliphatic rings. The highest BCUT2D eigenvalue weighted by Crippen LogP contribution is 2.33. The van der Waals surface area contributed by atoms with Gasteiger partial charge in [-0.25, -0.2) is 10.3 Å². The van der Waals surface area contributed by atoms with Crippen molar-refractivity contribution in [2.75, 3.05) is 25.6 Å². The summed E-state index contributed by atoms with van der Waals surface area (Å²) < 4.78 is 16.2. The van der Waals surface area contributed by atoms with Crippen LogP contribution in [0.3, 0.4) is 0 Å². The van der Waals surface area contributed by atoms with Crippen molar-refractivity contribution in [3.8, 4) is 17.6 Å². The van der Waals surface area contributed by atoms with Crippen LogP contribution in [-0.2, 0) is 9.47 Å². The molecule has 1 fully saturated rings. The second kappa shape index (κ2) is 9.42. The maximum atomic E-state index is 11.4. The predicted octanol–water partition coefficient (Wildman–Crippen LogP) is 2.85. The Kier molecular flexibility index (Phi) is 7.25. The van der Waals surface area contributed by atoms with Gasteiger partial charge in [0.1, 0.15) is 18.0 Å². The molecule has 0 radical (unpaired) electrons. The maximum absolute atomic E-state index is 11.4. The number of hydrogen-bond donors (Lipinski definition) is 2. The van der Waals surface area contributed by atoms with E-state index in [2.05, 4.69) is 11.8 Å². The van der Waals surface area contributed by atoms with Crippen LogP contribution in [0.4, 0.5) is 4.79 Å². The van der Waals surface area contributed by atoms with Crippen molar-refractivity contribution >= 4 is 17.9 Å². The summed E-state index contributed by atoms with van der Waals surface area (Å²) in [7, 11) is 0. The molecule has 2 N–H and O–H groups in total. The number of carbonyl (C=O) groups excluding carboxylic acids is 1. The summed E-state index contributed by atoms with van der Waals surface area (Å²) in [4.78, 5) is 12.4. The van der Waals surface area contributed by atoms with E-state index < -0.39 is 11.7 Å². The second-order valence-electron chi connectivity index (χ2n) is 5.27. The number of hydrogen-bond acceptors (Lipinski definition) is 6. The van der Waals surface area contributed by atoms with E-state index >= 15 is 0 Å². The standard InChI is InChI=1S/C17H21NO5S/c1-2-3-10-22-14-4-6-15(7-5-14)24-13-17(23-16(19)18-20)8-11-21-12-9-17/h4-7,20H,8-13H2,1H3,(H,18,19). The molecule has 1 aliphatic heterocycles. The molecule has 1 saturated heterocycles. The fraction of sp³-hybridized carbons (Fsp3) is 0.471. The van der Waals surface area contributed by atoms with Gasteiger partial charge in [0.25, 0.3) is 0 Å². The average molecular weight is 351 g/mol. The number of ether oxygens (including phenoxy) is 3. The Bertz CT molecular complexity index is 587. The first-order valence-corrected chi connectivity index (χ1v) is 8.62. The first-order valence-electron chi connectivity index (χ1n) is 7.63. The molecule has 24 heavy (non-hydrogen) atoms. The maximum Gasteiger partial charge on any atom is 0.431 e. The molecule has 0 atom stereocenters. The molecule has 1 amide bonds. The van der Waals surface area contributed by atoms with Gasteiger partial charge in [-0.1, -0.05) is 5.92 Å². The highest BCUT2D eigenvalue weighted by Gasteiger charge is 2.36. The van der Waals surface area contributed by atoms with Gasteiger partial charge in [0, 0.05) is 23.5 Å². The first kappa shape index (κ1) is 18.5. The molecule has 0 aliphatic carbocycles. The summed E-state index contributed by atoms with van der Waals surface area (Å²) in [6.07, 6.45) is 0.368.